The van der Waals surface area contributed by atoms with E-state index in [-0.39, 0.29) is 0 Å². The second kappa shape index (κ2) is 2.62. The van der Waals surface area contributed by atoms with E-state index in [1.807, 2.05) is 6.08 Å². The highest BCUT2D eigenvalue weighted by atomic mass is 19.1. The van der Waals surface area contributed by atoms with Crippen LogP contribution in [0, 0.1) is 0 Å². The van der Waals surface area contributed by atoms with Gasteiger partial charge < -0.3 is 5.84 Å². The summed E-state index contributed by atoms with van der Waals surface area (Å²) in [5.74, 6) is 4.89. The molecule has 1 unspecified atom stereocenters. The van der Waals surface area contributed by atoms with Crippen LogP contribution in [-0.2, 0) is 0 Å². The molecular weight excluding hydrogens is 119 g/mol. The molecule has 1 atom stereocenters. The average Bonchev–Trinajstić information content (AvgIpc) is 1.89. The Labute approximate surface area is 53.2 Å². The minimum Gasteiger partial charge on any atom is -0.323 e. The fraction of sp³-hybridized carbons (Fsp3) is 0.500. The maximum Gasteiger partial charge on any atom is 0.144 e. The summed E-state index contributed by atoms with van der Waals surface area (Å²) in [7, 11) is 0. The molecule has 2 nitrogen and oxygen atoms in total. The fourth-order valence-electron chi connectivity index (χ4n) is 0.823. The third kappa shape index (κ3) is 1.28. The van der Waals surface area contributed by atoms with Crippen molar-refractivity contribution >= 4 is 5.71 Å². The molecule has 0 radical (unpaired) electrons. The molecule has 0 aliphatic heterocycles. The Morgan fingerprint density at radius 1 is 1.78 bits per heavy atom. The van der Waals surface area contributed by atoms with E-state index in [1.165, 1.54) is 0 Å². The van der Waals surface area contributed by atoms with Gasteiger partial charge in [0.05, 0.1) is 5.71 Å². The highest BCUT2D eigenvalue weighted by Crippen LogP contribution is 2.11. The first kappa shape index (κ1) is 6.26. The van der Waals surface area contributed by atoms with Crippen molar-refractivity contribution in [2.75, 3.05) is 0 Å². The summed E-state index contributed by atoms with van der Waals surface area (Å²) in [6.45, 7) is 0. The molecule has 0 fully saturated rings. The van der Waals surface area contributed by atoms with Crippen LogP contribution in [0.4, 0.5) is 4.39 Å². The van der Waals surface area contributed by atoms with Gasteiger partial charge in [-0.1, -0.05) is 6.08 Å². The predicted octanol–water partition coefficient (Wildman–Crippen LogP) is 0.989. The van der Waals surface area contributed by atoms with Gasteiger partial charge in [-0.3, -0.25) is 0 Å². The lowest BCUT2D eigenvalue weighted by atomic mass is 10.0. The van der Waals surface area contributed by atoms with Gasteiger partial charge in [-0.05, 0) is 18.9 Å². The second-order valence-electron chi connectivity index (χ2n) is 2.00. The number of alkyl halides is 1. The van der Waals surface area contributed by atoms with Gasteiger partial charge >= 0.3 is 0 Å². The molecule has 0 saturated heterocycles. The van der Waals surface area contributed by atoms with Crippen molar-refractivity contribution in [1.29, 1.82) is 0 Å². The first-order valence-corrected chi connectivity index (χ1v) is 2.93. The summed E-state index contributed by atoms with van der Waals surface area (Å²) in [5, 5.41) is 3.28. The van der Waals surface area contributed by atoms with Gasteiger partial charge in [0.1, 0.15) is 6.17 Å². The Balaban J connectivity index is 2.68. The number of nitrogens with zero attached hydrogens (tertiary/aromatic N) is 1. The van der Waals surface area contributed by atoms with Crippen LogP contribution in [0.5, 0.6) is 0 Å². The maximum absolute atomic E-state index is 12.6. The molecule has 3 heteroatoms. The van der Waals surface area contributed by atoms with Crippen molar-refractivity contribution in [2.45, 2.75) is 19.0 Å². The number of allylic oxidation sites excluding steroid dienone is 2. The Morgan fingerprint density at radius 2 is 2.56 bits per heavy atom. The average molecular weight is 128 g/mol. The first-order chi connectivity index (χ1) is 4.34. The molecule has 1 aliphatic carbocycles. The summed E-state index contributed by atoms with van der Waals surface area (Å²) >= 11 is 0. The van der Waals surface area contributed by atoms with E-state index in [1.54, 1.807) is 6.08 Å². The predicted molar refractivity (Wildman–Crippen MR) is 34.9 cm³/mol. The van der Waals surface area contributed by atoms with Gasteiger partial charge in [0.2, 0.25) is 0 Å². The van der Waals surface area contributed by atoms with Crippen LogP contribution >= 0.6 is 0 Å². The van der Waals surface area contributed by atoms with Crippen LogP contribution in [0.2, 0.25) is 0 Å². The van der Waals surface area contributed by atoms with E-state index in [0.29, 0.717) is 12.1 Å². The van der Waals surface area contributed by atoms with Crippen molar-refractivity contribution in [3.05, 3.63) is 12.2 Å². The SMILES string of the molecule is N/N=C1\C=CCCC1F. The molecule has 0 aromatic heterocycles. The number of hydrazone groups is 1. The van der Waals surface area contributed by atoms with Crippen LogP contribution < -0.4 is 5.84 Å². The molecule has 0 aromatic rings. The molecule has 0 bridgehead atoms. The number of hydrogen-bond donors (Lipinski definition) is 1. The molecule has 0 heterocycles. The molecule has 0 saturated carbocycles. The fourth-order valence-corrected chi connectivity index (χ4v) is 0.823. The molecule has 1 rings (SSSR count). The molecule has 0 spiro atoms. The molecule has 50 valence electrons. The standard InChI is InChI=1S/C6H9FN2/c7-5-3-1-2-4-6(5)9-8/h2,4-5H,1,3,8H2/b9-6+. The van der Waals surface area contributed by atoms with Gasteiger partial charge in [-0.25, -0.2) is 4.39 Å². The third-order valence-corrected chi connectivity index (χ3v) is 1.35. The van der Waals surface area contributed by atoms with Crippen LogP contribution in [0.3, 0.4) is 0 Å². The molecular formula is C6H9FN2. The normalized spacial score (nSPS) is 31.2. The summed E-state index contributed by atoms with van der Waals surface area (Å²) in [4.78, 5) is 0. The first-order valence-electron chi connectivity index (χ1n) is 2.93. The van der Waals surface area contributed by atoms with E-state index in [9.17, 15) is 4.39 Å². The highest BCUT2D eigenvalue weighted by molar-refractivity contribution is 5.98. The topological polar surface area (TPSA) is 38.4 Å². The number of nitrogens with two attached hydrogens (primary N) is 1. The molecule has 0 aromatic carbocycles. The lowest BCUT2D eigenvalue weighted by Crippen LogP contribution is -2.17. The zero-order valence-corrected chi connectivity index (χ0v) is 5.05. The maximum atomic E-state index is 12.6. The Hall–Kier alpha value is -0.860. The largest absolute Gasteiger partial charge is 0.323 e. The highest BCUT2D eigenvalue weighted by Gasteiger charge is 2.13. The summed E-state index contributed by atoms with van der Waals surface area (Å²) < 4.78 is 12.6. The van der Waals surface area contributed by atoms with E-state index in [0.717, 1.165) is 6.42 Å². The minimum atomic E-state index is -0.944. The van der Waals surface area contributed by atoms with Gasteiger partial charge in [-0.2, -0.15) is 5.10 Å². The van der Waals surface area contributed by atoms with E-state index >= 15 is 0 Å². The molecule has 0 amide bonds. The van der Waals surface area contributed by atoms with Crippen molar-refractivity contribution < 1.29 is 4.39 Å². The van der Waals surface area contributed by atoms with Crippen molar-refractivity contribution in [3.8, 4) is 0 Å². The van der Waals surface area contributed by atoms with Crippen LogP contribution in [0.15, 0.2) is 17.3 Å². The van der Waals surface area contributed by atoms with Gasteiger partial charge in [-0.15, -0.1) is 0 Å². The lowest BCUT2D eigenvalue weighted by molar-refractivity contribution is 0.400. The van der Waals surface area contributed by atoms with Crippen LogP contribution in [0.25, 0.3) is 0 Å². The lowest BCUT2D eigenvalue weighted by Gasteiger charge is -2.09. The van der Waals surface area contributed by atoms with Gasteiger partial charge in [0.15, 0.2) is 0 Å². The Kier molecular flexibility index (Phi) is 1.82. The molecule has 1 aliphatic rings. The molecule has 2 N–H and O–H groups in total. The van der Waals surface area contributed by atoms with Crippen molar-refractivity contribution in [2.24, 2.45) is 10.9 Å². The summed E-state index contributed by atoms with van der Waals surface area (Å²) in [5.41, 5.74) is 0.362. The zero-order chi connectivity index (χ0) is 6.69. The number of rotatable bonds is 0. The Morgan fingerprint density at radius 3 is 3.00 bits per heavy atom. The third-order valence-electron chi connectivity index (χ3n) is 1.35. The zero-order valence-electron chi connectivity index (χ0n) is 5.05. The second-order valence-corrected chi connectivity index (χ2v) is 2.00. The number of hydrogen-bond acceptors (Lipinski definition) is 2. The van der Waals surface area contributed by atoms with Crippen molar-refractivity contribution in [3.63, 3.8) is 0 Å². The summed E-state index contributed by atoms with van der Waals surface area (Å²) in [6.07, 6.45) is 3.88. The van der Waals surface area contributed by atoms with Crippen LogP contribution in [0.1, 0.15) is 12.8 Å². The minimum absolute atomic E-state index is 0.362. The quantitative estimate of drug-likeness (QED) is 0.383. The molecule has 9 heavy (non-hydrogen) atoms. The van der Waals surface area contributed by atoms with E-state index < -0.39 is 6.17 Å². The van der Waals surface area contributed by atoms with Crippen LogP contribution in [-0.4, -0.2) is 11.9 Å². The Bertz CT molecular complexity index is 148. The smallest absolute Gasteiger partial charge is 0.144 e. The summed E-state index contributed by atoms with van der Waals surface area (Å²) in [6, 6.07) is 0. The van der Waals surface area contributed by atoms with Crippen molar-refractivity contribution in [1.82, 2.24) is 0 Å². The van der Waals surface area contributed by atoms with E-state index in [4.69, 9.17) is 5.84 Å². The van der Waals surface area contributed by atoms with E-state index in [2.05, 4.69) is 5.10 Å². The van der Waals surface area contributed by atoms with Gasteiger partial charge in [0, 0.05) is 0 Å². The number of halogens is 1. The van der Waals surface area contributed by atoms with Gasteiger partial charge in [0.25, 0.3) is 0 Å². The monoisotopic (exact) mass is 128 g/mol.